The fourth-order valence-corrected chi connectivity index (χ4v) is 6.13. The van der Waals surface area contributed by atoms with E-state index in [0.717, 1.165) is 5.56 Å². The molecule has 0 bridgehead atoms. The number of amides is 1. The number of rotatable bonds is 13. The Hall–Kier alpha value is -3.00. The number of anilines is 1. The summed E-state index contributed by atoms with van der Waals surface area (Å²) in [7, 11) is -4.31. The zero-order valence-corrected chi connectivity index (χ0v) is 21.5. The van der Waals surface area contributed by atoms with Gasteiger partial charge in [-0.15, -0.1) is 0 Å². The van der Waals surface area contributed by atoms with Crippen LogP contribution in [0.2, 0.25) is 0 Å². The molecule has 6 N–H and O–H groups in total. The number of hydrogen-bond donors (Lipinski definition) is 6. The Labute approximate surface area is 210 Å². The number of carbonyl (C=O) groups excluding carboxylic acids is 1. The lowest BCUT2D eigenvalue weighted by atomic mass is 10.0. The first-order valence-electron chi connectivity index (χ1n) is 11.8. The quantitative estimate of drug-likeness (QED) is 0.168. The highest BCUT2D eigenvalue weighted by Crippen LogP contribution is 2.25. The van der Waals surface area contributed by atoms with Gasteiger partial charge < -0.3 is 20.7 Å². The fourth-order valence-electron chi connectivity index (χ4n) is 4.36. The molecule has 12 nitrogen and oxygen atoms in total. The first-order valence-corrected chi connectivity index (χ1v) is 13.3. The molecule has 0 spiro atoms. The predicted octanol–water partition coefficient (Wildman–Crippen LogP) is 1.48. The molecule has 2 atom stereocenters. The summed E-state index contributed by atoms with van der Waals surface area (Å²) in [5, 5.41) is 15.8. The number of benzene rings is 1. The van der Waals surface area contributed by atoms with Crippen LogP contribution in [0.1, 0.15) is 48.8 Å². The minimum atomic E-state index is -4.31. The number of aromatic nitrogens is 2. The van der Waals surface area contributed by atoms with Crippen LogP contribution < -0.4 is 20.8 Å². The van der Waals surface area contributed by atoms with Crippen LogP contribution in [0, 0.1) is 20.8 Å². The Bertz CT molecular complexity index is 1140. The molecule has 2 unspecified atom stereocenters. The Morgan fingerprint density at radius 1 is 1.19 bits per heavy atom. The van der Waals surface area contributed by atoms with Crippen molar-refractivity contribution in [3.8, 4) is 0 Å². The van der Waals surface area contributed by atoms with Crippen LogP contribution in [0.3, 0.4) is 0 Å². The summed E-state index contributed by atoms with van der Waals surface area (Å²) in [5.74, 6) is -1.58. The van der Waals surface area contributed by atoms with E-state index in [4.69, 9.17) is 4.84 Å². The number of nitrogens with zero attached hydrogens (tertiary/aromatic N) is 1. The summed E-state index contributed by atoms with van der Waals surface area (Å²) in [6.07, 6.45) is 4.19. The van der Waals surface area contributed by atoms with E-state index in [1.165, 1.54) is 0 Å². The number of aliphatic carboxylic acids is 1. The highest BCUT2D eigenvalue weighted by atomic mass is 32.2. The molecule has 0 radical (unpaired) electrons. The molecular weight excluding hydrogens is 488 g/mol. The van der Waals surface area contributed by atoms with E-state index < -0.39 is 33.7 Å². The van der Waals surface area contributed by atoms with Crippen LogP contribution in [-0.4, -0.2) is 60.2 Å². The number of hydroxylamine groups is 1. The molecule has 1 aliphatic heterocycles. The maximum atomic E-state index is 13.5. The van der Waals surface area contributed by atoms with Crippen LogP contribution in [0.4, 0.5) is 5.95 Å². The number of carbonyl (C=O) groups is 2. The Morgan fingerprint density at radius 3 is 2.50 bits per heavy atom. The molecule has 1 fully saturated rings. The van der Waals surface area contributed by atoms with Crippen molar-refractivity contribution >= 4 is 27.8 Å². The Morgan fingerprint density at radius 2 is 1.92 bits per heavy atom. The van der Waals surface area contributed by atoms with E-state index in [2.05, 4.69) is 30.8 Å². The number of aromatic amines is 1. The van der Waals surface area contributed by atoms with Crippen LogP contribution >= 0.6 is 0 Å². The van der Waals surface area contributed by atoms with Crippen molar-refractivity contribution in [1.82, 2.24) is 25.5 Å². The maximum Gasteiger partial charge on any atom is 0.345 e. The summed E-state index contributed by atoms with van der Waals surface area (Å²) in [6.45, 7) is 6.17. The second-order valence-corrected chi connectivity index (χ2v) is 10.6. The van der Waals surface area contributed by atoms with Crippen molar-refractivity contribution in [1.29, 1.82) is 0 Å². The Kier molecular flexibility index (Phi) is 9.06. The van der Waals surface area contributed by atoms with Gasteiger partial charge in [0.15, 0.2) is 12.1 Å². The predicted molar refractivity (Wildman–Crippen MR) is 133 cm³/mol. The number of nitrogens with one attached hydrogen (secondary N) is 5. The van der Waals surface area contributed by atoms with E-state index in [1.807, 2.05) is 6.92 Å². The summed E-state index contributed by atoms with van der Waals surface area (Å²) in [6, 6.07) is 3.43. The lowest BCUT2D eigenvalue weighted by Crippen LogP contribution is -2.66. The van der Waals surface area contributed by atoms with Crippen LogP contribution in [0.15, 0.2) is 29.4 Å². The highest BCUT2D eigenvalue weighted by molar-refractivity contribution is 7.89. The average Bonchev–Trinajstić information content (AvgIpc) is 3.48. The monoisotopic (exact) mass is 522 g/mol. The number of sulfonamides is 1. The van der Waals surface area contributed by atoms with Crippen molar-refractivity contribution in [2.45, 2.75) is 69.5 Å². The second kappa shape index (κ2) is 11.8. The number of unbranched alkanes of at least 4 members (excludes halogenated alkanes) is 2. The van der Waals surface area contributed by atoms with Crippen molar-refractivity contribution in [3.05, 3.63) is 41.2 Å². The summed E-state index contributed by atoms with van der Waals surface area (Å²) >= 11 is 0. The smallest absolute Gasteiger partial charge is 0.345 e. The zero-order chi connectivity index (χ0) is 26.3. The van der Waals surface area contributed by atoms with Gasteiger partial charge in [-0.2, -0.15) is 4.72 Å². The third kappa shape index (κ3) is 6.81. The number of hydrogen-bond acceptors (Lipinski definition) is 8. The molecule has 0 aliphatic carbocycles. The third-order valence-electron chi connectivity index (χ3n) is 5.93. The molecule has 2 heterocycles. The number of aryl methyl sites for hydroxylation is 3. The van der Waals surface area contributed by atoms with Gasteiger partial charge in [0.2, 0.25) is 15.7 Å². The number of imidazole rings is 1. The van der Waals surface area contributed by atoms with Crippen molar-refractivity contribution < 1.29 is 28.0 Å². The SMILES string of the molecule is Cc1cc(C)c(S(=O)(=O)NC(CCCCCNc2ncc[nH]2)(NC(=O)C2CCNO2)C(=O)O)c(C)c1. The van der Waals surface area contributed by atoms with Gasteiger partial charge in [0, 0.05) is 25.5 Å². The maximum absolute atomic E-state index is 13.5. The molecule has 1 aromatic heterocycles. The van der Waals surface area contributed by atoms with Crippen LogP contribution in [-0.2, 0) is 24.4 Å². The minimum absolute atomic E-state index is 0.00518. The van der Waals surface area contributed by atoms with Gasteiger partial charge in [0.05, 0.1) is 4.90 Å². The molecule has 1 saturated heterocycles. The average molecular weight is 523 g/mol. The molecular formula is C23H34N6O6S. The van der Waals surface area contributed by atoms with E-state index in [0.29, 0.717) is 55.8 Å². The van der Waals surface area contributed by atoms with Crippen molar-refractivity contribution in [2.24, 2.45) is 0 Å². The normalized spacial score (nSPS) is 17.5. The number of carboxylic acids is 1. The molecule has 3 rings (SSSR count). The zero-order valence-electron chi connectivity index (χ0n) is 20.7. The first kappa shape index (κ1) is 27.6. The first-order chi connectivity index (χ1) is 17.0. The molecule has 1 amide bonds. The highest BCUT2D eigenvalue weighted by Gasteiger charge is 2.45. The topological polar surface area (TPSA) is 175 Å². The molecule has 1 aromatic carbocycles. The summed E-state index contributed by atoms with van der Waals surface area (Å²) in [5.41, 5.74) is 2.18. The van der Waals surface area contributed by atoms with E-state index in [-0.39, 0.29) is 11.3 Å². The van der Waals surface area contributed by atoms with Gasteiger partial charge in [0.25, 0.3) is 5.91 Å². The van der Waals surface area contributed by atoms with Crippen molar-refractivity contribution in [3.63, 3.8) is 0 Å². The largest absolute Gasteiger partial charge is 0.478 e. The summed E-state index contributed by atoms with van der Waals surface area (Å²) < 4.78 is 29.3. The Balaban J connectivity index is 1.79. The van der Waals surface area contributed by atoms with Crippen molar-refractivity contribution in [2.75, 3.05) is 18.4 Å². The fraction of sp³-hybridized carbons (Fsp3) is 0.522. The van der Waals surface area contributed by atoms with Gasteiger partial charge in [0.1, 0.15) is 0 Å². The van der Waals surface area contributed by atoms with Gasteiger partial charge in [-0.3, -0.25) is 9.63 Å². The van der Waals surface area contributed by atoms with Gasteiger partial charge >= 0.3 is 5.97 Å². The molecule has 1 aliphatic rings. The summed E-state index contributed by atoms with van der Waals surface area (Å²) in [4.78, 5) is 37.5. The van der Waals surface area contributed by atoms with Crippen LogP contribution in [0.25, 0.3) is 0 Å². The number of H-pyrrole nitrogens is 1. The van der Waals surface area contributed by atoms with Gasteiger partial charge in [-0.1, -0.05) is 24.1 Å². The lowest BCUT2D eigenvalue weighted by Gasteiger charge is -2.32. The standard InChI is InChI=1S/C23H34N6O6S/c1-15-13-16(2)19(17(3)14-15)36(33,34)29-23(21(31)32,28-20(30)18-7-10-27-35-18)8-5-4-6-9-24-22-25-11-12-26-22/h11-14,18,27,29H,4-10H2,1-3H3,(H,28,30)(H,31,32)(H2,24,25,26). The molecule has 2 aromatic rings. The second-order valence-electron chi connectivity index (χ2n) is 9.00. The molecule has 13 heteroatoms. The van der Waals surface area contributed by atoms with E-state index >= 15 is 0 Å². The molecule has 36 heavy (non-hydrogen) atoms. The molecule has 198 valence electrons. The van der Waals surface area contributed by atoms with Crippen LogP contribution in [0.5, 0.6) is 0 Å². The third-order valence-corrected chi connectivity index (χ3v) is 7.73. The van der Waals surface area contributed by atoms with E-state index in [9.17, 15) is 23.1 Å². The van der Waals surface area contributed by atoms with Gasteiger partial charge in [-0.25, -0.2) is 23.7 Å². The van der Waals surface area contributed by atoms with Gasteiger partial charge in [-0.05, 0) is 57.6 Å². The lowest BCUT2D eigenvalue weighted by molar-refractivity contribution is -0.151. The molecule has 0 saturated carbocycles. The number of carboxylic acid groups (broad SMARTS) is 1. The van der Waals surface area contributed by atoms with E-state index in [1.54, 1.807) is 38.4 Å². The minimum Gasteiger partial charge on any atom is -0.478 e.